The van der Waals surface area contributed by atoms with Crippen LogP contribution in [0.1, 0.15) is 35.7 Å². The average molecular weight is 546 g/mol. The van der Waals surface area contributed by atoms with Crippen molar-refractivity contribution in [3.8, 4) is 17.2 Å². The molecule has 0 bridgehead atoms. The quantitative estimate of drug-likeness (QED) is 0.390. The number of benzene rings is 2. The third-order valence-corrected chi connectivity index (χ3v) is 8.45. The molecule has 3 rings (SSSR count). The zero-order valence-corrected chi connectivity index (χ0v) is 21.8. The lowest BCUT2D eigenvalue weighted by molar-refractivity contribution is -0.125. The van der Waals surface area contributed by atoms with Crippen molar-refractivity contribution >= 4 is 45.1 Å². The van der Waals surface area contributed by atoms with Crippen LogP contribution in [0.2, 0.25) is 10.0 Å². The Kier molecular flexibility index (Phi) is 7.90. The van der Waals surface area contributed by atoms with E-state index in [1.54, 1.807) is 13.0 Å². The SMILES string of the molecule is CCC(C1(c2ccc(Cl)c(Cl)c2)CC(=O)N(C(=O)c2cc(OC)c(OC)c(OC)c2)C1)S(=O)(=O)O. The zero-order valence-electron chi connectivity index (χ0n) is 19.5. The molecular weight excluding hydrogens is 521 g/mol. The Labute approximate surface area is 213 Å². The van der Waals surface area contributed by atoms with Gasteiger partial charge in [0.15, 0.2) is 11.5 Å². The molecule has 2 amide bonds. The molecule has 35 heavy (non-hydrogen) atoms. The van der Waals surface area contributed by atoms with Crippen molar-refractivity contribution < 1.29 is 36.8 Å². The van der Waals surface area contributed by atoms with Crippen molar-refractivity contribution in [1.82, 2.24) is 4.90 Å². The molecule has 9 nitrogen and oxygen atoms in total. The van der Waals surface area contributed by atoms with Gasteiger partial charge in [0.05, 0.1) is 36.6 Å². The third-order valence-electron chi connectivity index (χ3n) is 6.21. The van der Waals surface area contributed by atoms with Gasteiger partial charge < -0.3 is 14.2 Å². The molecular formula is C23H25Cl2NO8S. The second-order valence-corrected chi connectivity index (χ2v) is 10.5. The summed E-state index contributed by atoms with van der Waals surface area (Å²) in [5.74, 6) is -0.621. The highest BCUT2D eigenvalue weighted by atomic mass is 35.5. The second kappa shape index (κ2) is 10.2. The maximum absolute atomic E-state index is 13.5. The van der Waals surface area contributed by atoms with Crippen molar-refractivity contribution in [2.45, 2.75) is 30.4 Å². The Morgan fingerprint density at radius 1 is 1.09 bits per heavy atom. The Morgan fingerprint density at radius 2 is 1.69 bits per heavy atom. The molecule has 1 heterocycles. The van der Waals surface area contributed by atoms with Gasteiger partial charge in [0.1, 0.15) is 0 Å². The van der Waals surface area contributed by atoms with E-state index in [2.05, 4.69) is 0 Å². The fourth-order valence-corrected chi connectivity index (χ4v) is 6.21. The number of amides is 2. The molecule has 1 aliphatic rings. The van der Waals surface area contributed by atoms with E-state index in [-0.39, 0.29) is 52.2 Å². The first-order valence-electron chi connectivity index (χ1n) is 10.5. The van der Waals surface area contributed by atoms with Crippen molar-refractivity contribution in [3.63, 3.8) is 0 Å². The molecule has 1 aliphatic heterocycles. The molecule has 2 aromatic carbocycles. The molecule has 190 valence electrons. The van der Waals surface area contributed by atoms with Crippen LogP contribution in [0.15, 0.2) is 30.3 Å². The van der Waals surface area contributed by atoms with E-state index in [0.717, 1.165) is 4.90 Å². The van der Waals surface area contributed by atoms with E-state index in [1.807, 2.05) is 0 Å². The van der Waals surface area contributed by atoms with Crippen molar-refractivity contribution in [2.75, 3.05) is 27.9 Å². The molecule has 1 N–H and O–H groups in total. The van der Waals surface area contributed by atoms with Gasteiger partial charge in [-0.25, -0.2) is 0 Å². The number of rotatable bonds is 8. The molecule has 0 radical (unpaired) electrons. The van der Waals surface area contributed by atoms with E-state index in [9.17, 15) is 22.6 Å². The van der Waals surface area contributed by atoms with E-state index in [0.29, 0.717) is 5.56 Å². The van der Waals surface area contributed by atoms with Gasteiger partial charge in [0.25, 0.3) is 16.0 Å². The molecule has 12 heteroatoms. The van der Waals surface area contributed by atoms with Crippen LogP contribution < -0.4 is 14.2 Å². The summed E-state index contributed by atoms with van der Waals surface area (Å²) in [6, 6.07) is 7.28. The van der Waals surface area contributed by atoms with Crippen LogP contribution in [0.25, 0.3) is 0 Å². The molecule has 1 saturated heterocycles. The molecule has 1 fully saturated rings. The van der Waals surface area contributed by atoms with Crippen LogP contribution >= 0.6 is 23.2 Å². The highest BCUT2D eigenvalue weighted by Gasteiger charge is 2.55. The van der Waals surface area contributed by atoms with Gasteiger partial charge >= 0.3 is 0 Å². The summed E-state index contributed by atoms with van der Waals surface area (Å²) in [4.78, 5) is 27.6. The predicted octanol–water partition coefficient (Wildman–Crippen LogP) is 4.00. The number of hydrogen-bond acceptors (Lipinski definition) is 7. The van der Waals surface area contributed by atoms with Crippen LogP contribution in [-0.4, -0.2) is 62.8 Å². The van der Waals surface area contributed by atoms with Crippen LogP contribution in [0.4, 0.5) is 0 Å². The van der Waals surface area contributed by atoms with Gasteiger partial charge in [0, 0.05) is 23.9 Å². The number of methoxy groups -OCH3 is 3. The topological polar surface area (TPSA) is 119 Å². The number of likely N-dealkylation sites (tertiary alicyclic amines) is 1. The first-order valence-corrected chi connectivity index (χ1v) is 12.8. The number of carbonyl (C=O) groups is 2. The Morgan fingerprint density at radius 3 is 2.14 bits per heavy atom. The van der Waals surface area contributed by atoms with Gasteiger partial charge in [-0.2, -0.15) is 8.42 Å². The molecule has 2 unspecified atom stereocenters. The lowest BCUT2D eigenvalue weighted by atomic mass is 9.75. The van der Waals surface area contributed by atoms with E-state index in [4.69, 9.17) is 37.4 Å². The average Bonchev–Trinajstić information content (AvgIpc) is 3.16. The molecule has 0 spiro atoms. The fraction of sp³-hybridized carbons (Fsp3) is 0.391. The first-order chi connectivity index (χ1) is 16.4. The van der Waals surface area contributed by atoms with Gasteiger partial charge in [-0.05, 0) is 36.2 Å². The second-order valence-electron chi connectivity index (χ2n) is 8.07. The third kappa shape index (κ3) is 4.93. The summed E-state index contributed by atoms with van der Waals surface area (Å²) in [6.45, 7) is 1.27. The van der Waals surface area contributed by atoms with E-state index < -0.39 is 32.6 Å². The molecule has 2 atom stereocenters. The largest absolute Gasteiger partial charge is 0.493 e. The number of nitrogens with zero attached hydrogens (tertiary/aromatic N) is 1. The van der Waals surface area contributed by atoms with Gasteiger partial charge in [-0.15, -0.1) is 0 Å². The first kappa shape index (κ1) is 27.1. The van der Waals surface area contributed by atoms with Gasteiger partial charge in [-0.1, -0.05) is 36.2 Å². The predicted molar refractivity (Wildman–Crippen MR) is 131 cm³/mol. The molecule has 2 aromatic rings. The lowest BCUT2D eigenvalue weighted by Crippen LogP contribution is -2.47. The summed E-state index contributed by atoms with van der Waals surface area (Å²) in [5, 5.41) is -0.996. The van der Waals surface area contributed by atoms with E-state index >= 15 is 0 Å². The van der Waals surface area contributed by atoms with Crippen LogP contribution in [0.3, 0.4) is 0 Å². The summed E-state index contributed by atoms with van der Waals surface area (Å²) in [7, 11) is -0.427. The summed E-state index contributed by atoms with van der Waals surface area (Å²) >= 11 is 12.2. The standard InChI is InChI=1S/C23H25Cl2NO8S/c1-5-19(35(29,30)31)23(14-6-7-15(24)16(25)10-14)11-20(27)26(12-23)22(28)13-8-17(32-2)21(34-4)18(9-13)33-3/h6-10,19H,5,11-12H2,1-4H3,(H,29,30,31). The number of carbonyl (C=O) groups excluding carboxylic acids is 2. The Balaban J connectivity index is 2.14. The molecule has 0 saturated carbocycles. The normalized spacial score (nSPS) is 18.9. The highest BCUT2D eigenvalue weighted by Crippen LogP contribution is 2.45. The minimum Gasteiger partial charge on any atom is -0.493 e. The highest BCUT2D eigenvalue weighted by molar-refractivity contribution is 7.86. The number of imide groups is 1. The number of halogens is 2. The van der Waals surface area contributed by atoms with Crippen LogP contribution in [0, 0.1) is 0 Å². The monoisotopic (exact) mass is 545 g/mol. The maximum Gasteiger partial charge on any atom is 0.268 e. The fourth-order valence-electron chi connectivity index (χ4n) is 4.62. The zero-order chi connectivity index (χ0) is 26.1. The number of hydrogen-bond donors (Lipinski definition) is 1. The molecule has 0 aliphatic carbocycles. The van der Waals surface area contributed by atoms with Crippen LogP contribution in [-0.2, 0) is 20.3 Å². The number of ether oxygens (including phenoxy) is 3. The van der Waals surface area contributed by atoms with Gasteiger partial charge in [-0.3, -0.25) is 19.0 Å². The van der Waals surface area contributed by atoms with Crippen molar-refractivity contribution in [1.29, 1.82) is 0 Å². The lowest BCUT2D eigenvalue weighted by Gasteiger charge is -2.35. The van der Waals surface area contributed by atoms with Crippen LogP contribution in [0.5, 0.6) is 17.2 Å². The van der Waals surface area contributed by atoms with Crippen molar-refractivity contribution in [2.24, 2.45) is 0 Å². The summed E-state index contributed by atoms with van der Waals surface area (Å²) in [5.41, 5.74) is -1.02. The smallest absolute Gasteiger partial charge is 0.268 e. The minimum absolute atomic E-state index is 0.0153. The molecule has 0 aromatic heterocycles. The van der Waals surface area contributed by atoms with Gasteiger partial charge in [0.2, 0.25) is 11.7 Å². The summed E-state index contributed by atoms with van der Waals surface area (Å²) < 4.78 is 50.7. The Hall–Kier alpha value is -2.53. The summed E-state index contributed by atoms with van der Waals surface area (Å²) in [6.07, 6.45) is -0.363. The van der Waals surface area contributed by atoms with Crippen molar-refractivity contribution in [3.05, 3.63) is 51.5 Å². The maximum atomic E-state index is 13.5. The van der Waals surface area contributed by atoms with E-state index in [1.165, 1.54) is 45.6 Å². The Bertz CT molecular complexity index is 1240. The minimum atomic E-state index is -4.62.